The van der Waals surface area contributed by atoms with E-state index < -0.39 is 23.2 Å². The van der Waals surface area contributed by atoms with Crippen LogP contribution >= 0.6 is 11.8 Å². The number of carbonyl (C=O) groups excluding carboxylic acids is 2. The number of nitrogens with one attached hydrogen (secondary N) is 2. The Labute approximate surface area is 132 Å². The van der Waals surface area contributed by atoms with Gasteiger partial charge < -0.3 is 15.7 Å². The second kappa shape index (κ2) is 6.83. The number of rotatable bonds is 5. The van der Waals surface area contributed by atoms with Crippen LogP contribution in [0.1, 0.15) is 20.3 Å². The molecule has 1 aliphatic heterocycles. The maximum atomic E-state index is 12.0. The first-order valence-corrected chi connectivity index (χ1v) is 7.85. The van der Waals surface area contributed by atoms with Crippen molar-refractivity contribution < 1.29 is 19.5 Å². The molecule has 1 unspecified atom stereocenters. The molecule has 7 heteroatoms. The minimum absolute atomic E-state index is 0.0542. The minimum Gasteiger partial charge on any atom is -0.480 e. The molecule has 118 valence electrons. The summed E-state index contributed by atoms with van der Waals surface area (Å²) in [5, 5.41) is 13.8. The van der Waals surface area contributed by atoms with Crippen molar-refractivity contribution in [3.05, 3.63) is 24.3 Å². The fraction of sp³-hybridized carbons (Fsp3) is 0.400. The van der Waals surface area contributed by atoms with E-state index in [1.165, 1.54) is 11.8 Å². The fourth-order valence-corrected chi connectivity index (χ4v) is 3.25. The summed E-state index contributed by atoms with van der Waals surface area (Å²) in [5.41, 5.74) is 0.736. The first kappa shape index (κ1) is 16.4. The molecule has 0 fully saturated rings. The molecule has 6 nitrogen and oxygen atoms in total. The van der Waals surface area contributed by atoms with Gasteiger partial charge in [-0.3, -0.25) is 9.59 Å². The molecule has 0 aromatic heterocycles. The topological polar surface area (TPSA) is 95.5 Å². The molecule has 0 bridgehead atoms. The Morgan fingerprint density at radius 3 is 2.68 bits per heavy atom. The Morgan fingerprint density at radius 1 is 1.36 bits per heavy atom. The van der Waals surface area contributed by atoms with Crippen molar-refractivity contribution in [1.29, 1.82) is 0 Å². The van der Waals surface area contributed by atoms with Crippen molar-refractivity contribution in [3.63, 3.8) is 0 Å². The number of hydrogen-bond donors (Lipinski definition) is 3. The summed E-state index contributed by atoms with van der Waals surface area (Å²) in [7, 11) is 0. The molecular formula is C15H18N2O4S. The molecule has 2 atom stereocenters. The normalized spacial score (nSPS) is 18.3. The number of aliphatic carboxylic acids is 1. The molecule has 1 aromatic rings. The number of carbonyl (C=O) groups is 3. The predicted octanol–water partition coefficient (Wildman–Crippen LogP) is 1.71. The number of carboxylic acids is 1. The van der Waals surface area contributed by atoms with Gasteiger partial charge >= 0.3 is 5.97 Å². The van der Waals surface area contributed by atoms with Gasteiger partial charge in [0.25, 0.3) is 0 Å². The number of anilines is 1. The molecule has 2 rings (SSSR count). The van der Waals surface area contributed by atoms with Crippen LogP contribution in [0.15, 0.2) is 29.2 Å². The first-order chi connectivity index (χ1) is 10.4. The second-order valence-electron chi connectivity index (χ2n) is 5.42. The van der Waals surface area contributed by atoms with Crippen LogP contribution in [-0.4, -0.2) is 34.2 Å². The first-order valence-electron chi connectivity index (χ1n) is 6.97. The quantitative estimate of drug-likeness (QED) is 0.767. The average Bonchev–Trinajstić information content (AvgIpc) is 2.45. The number of carboxylic acid groups (broad SMARTS) is 1. The summed E-state index contributed by atoms with van der Waals surface area (Å²) in [6.07, 6.45) is -0.0542. The Bertz CT molecular complexity index is 603. The van der Waals surface area contributed by atoms with E-state index in [9.17, 15) is 14.4 Å². The Hall–Kier alpha value is -2.02. The van der Waals surface area contributed by atoms with E-state index in [4.69, 9.17) is 5.11 Å². The zero-order chi connectivity index (χ0) is 16.3. The lowest BCUT2D eigenvalue weighted by molar-refractivity contribution is -0.143. The van der Waals surface area contributed by atoms with Crippen LogP contribution in [-0.2, 0) is 14.4 Å². The van der Waals surface area contributed by atoms with Gasteiger partial charge in [0.05, 0.1) is 10.9 Å². The molecular weight excluding hydrogens is 304 g/mol. The van der Waals surface area contributed by atoms with Crippen molar-refractivity contribution in [1.82, 2.24) is 5.32 Å². The van der Waals surface area contributed by atoms with Gasteiger partial charge in [-0.2, -0.15) is 0 Å². The zero-order valence-electron chi connectivity index (χ0n) is 12.3. The van der Waals surface area contributed by atoms with Crippen LogP contribution in [0.4, 0.5) is 5.69 Å². The minimum atomic E-state index is -1.07. The summed E-state index contributed by atoms with van der Waals surface area (Å²) >= 11 is 1.32. The van der Waals surface area contributed by atoms with E-state index in [-0.39, 0.29) is 18.2 Å². The lowest BCUT2D eigenvalue weighted by Crippen LogP contribution is -2.46. The van der Waals surface area contributed by atoms with E-state index in [1.54, 1.807) is 19.9 Å². The largest absolute Gasteiger partial charge is 0.480 e. The van der Waals surface area contributed by atoms with Gasteiger partial charge in [-0.15, -0.1) is 11.8 Å². The molecule has 1 heterocycles. The maximum absolute atomic E-state index is 12.0. The summed E-state index contributed by atoms with van der Waals surface area (Å²) < 4.78 is 0. The number of hydrogen-bond acceptors (Lipinski definition) is 4. The molecule has 22 heavy (non-hydrogen) atoms. The molecule has 1 aromatic carbocycles. The highest BCUT2D eigenvalue weighted by molar-refractivity contribution is 8.01. The van der Waals surface area contributed by atoms with Crippen molar-refractivity contribution in [2.45, 2.75) is 36.5 Å². The van der Waals surface area contributed by atoms with E-state index in [1.807, 2.05) is 18.2 Å². The third-order valence-electron chi connectivity index (χ3n) is 3.33. The molecule has 0 spiro atoms. The molecule has 0 saturated heterocycles. The van der Waals surface area contributed by atoms with Crippen LogP contribution in [0.3, 0.4) is 0 Å². The highest BCUT2D eigenvalue weighted by Gasteiger charge is 2.30. The van der Waals surface area contributed by atoms with Crippen LogP contribution in [0.5, 0.6) is 0 Å². The summed E-state index contributed by atoms with van der Waals surface area (Å²) in [6.45, 7) is 3.44. The van der Waals surface area contributed by atoms with Crippen LogP contribution < -0.4 is 10.6 Å². The monoisotopic (exact) mass is 322 g/mol. The second-order valence-corrected chi connectivity index (χ2v) is 6.67. The Kier molecular flexibility index (Phi) is 5.07. The molecule has 1 aliphatic rings. The zero-order valence-corrected chi connectivity index (χ0v) is 13.1. The Morgan fingerprint density at radius 2 is 2.05 bits per heavy atom. The standard InChI is InChI=1S/C15H18N2O4S/c1-8(2)13(15(20)21)17-12(18)7-11-14(19)16-9-5-3-4-6-10(9)22-11/h3-6,8,11,13H,7H2,1-2H3,(H,16,19)(H,17,18)(H,20,21)/t11?,13-/m1/s1. The SMILES string of the molecule is CC(C)[C@@H](NC(=O)CC1Sc2ccccc2NC1=O)C(=O)O. The molecule has 0 radical (unpaired) electrons. The molecule has 0 saturated carbocycles. The van der Waals surface area contributed by atoms with E-state index in [2.05, 4.69) is 10.6 Å². The third kappa shape index (κ3) is 3.79. The lowest BCUT2D eigenvalue weighted by Gasteiger charge is -2.24. The average molecular weight is 322 g/mol. The Balaban J connectivity index is 2.00. The molecule has 2 amide bonds. The van der Waals surface area contributed by atoms with Crippen molar-refractivity contribution in [3.8, 4) is 0 Å². The molecule has 0 aliphatic carbocycles. The summed E-state index contributed by atoms with van der Waals surface area (Å²) in [5.74, 6) is -1.98. The van der Waals surface area contributed by atoms with Crippen molar-refractivity contribution >= 4 is 35.2 Å². The summed E-state index contributed by atoms with van der Waals surface area (Å²) in [6, 6.07) is 6.41. The number of benzene rings is 1. The number of fused-ring (bicyclic) bond motifs is 1. The highest BCUT2D eigenvalue weighted by atomic mass is 32.2. The van der Waals surface area contributed by atoms with Crippen molar-refractivity contribution in [2.24, 2.45) is 5.92 Å². The predicted molar refractivity (Wildman–Crippen MR) is 83.7 cm³/mol. The van der Waals surface area contributed by atoms with E-state index >= 15 is 0 Å². The van der Waals surface area contributed by atoms with Gasteiger partial charge in [0.1, 0.15) is 6.04 Å². The van der Waals surface area contributed by atoms with Crippen LogP contribution in [0.25, 0.3) is 0 Å². The van der Waals surface area contributed by atoms with Gasteiger partial charge in [-0.1, -0.05) is 26.0 Å². The highest BCUT2D eigenvalue weighted by Crippen LogP contribution is 2.36. The van der Waals surface area contributed by atoms with Gasteiger partial charge in [-0.05, 0) is 18.1 Å². The number of amides is 2. The number of para-hydroxylation sites is 1. The van der Waals surface area contributed by atoms with Gasteiger partial charge in [-0.25, -0.2) is 4.79 Å². The lowest BCUT2D eigenvalue weighted by atomic mass is 10.0. The van der Waals surface area contributed by atoms with Crippen LogP contribution in [0, 0.1) is 5.92 Å². The van der Waals surface area contributed by atoms with Gasteiger partial charge in [0.2, 0.25) is 11.8 Å². The summed E-state index contributed by atoms with van der Waals surface area (Å²) in [4.78, 5) is 36.0. The van der Waals surface area contributed by atoms with Crippen LogP contribution in [0.2, 0.25) is 0 Å². The third-order valence-corrected chi connectivity index (χ3v) is 4.60. The van der Waals surface area contributed by atoms with Crippen molar-refractivity contribution in [2.75, 3.05) is 5.32 Å². The van der Waals surface area contributed by atoms with E-state index in [0.717, 1.165) is 10.6 Å². The maximum Gasteiger partial charge on any atom is 0.326 e. The van der Waals surface area contributed by atoms with Gasteiger partial charge in [0.15, 0.2) is 0 Å². The number of thioether (sulfide) groups is 1. The fourth-order valence-electron chi connectivity index (χ4n) is 2.14. The van der Waals surface area contributed by atoms with E-state index in [0.29, 0.717) is 0 Å². The smallest absolute Gasteiger partial charge is 0.326 e. The van der Waals surface area contributed by atoms with Gasteiger partial charge in [0, 0.05) is 11.3 Å². The molecule has 3 N–H and O–H groups in total.